The van der Waals surface area contributed by atoms with Gasteiger partial charge in [-0.2, -0.15) is 5.10 Å². The van der Waals surface area contributed by atoms with Gasteiger partial charge in [-0.15, -0.1) is 0 Å². The second-order valence-corrected chi connectivity index (χ2v) is 5.74. The van der Waals surface area contributed by atoms with Crippen molar-refractivity contribution < 1.29 is 9.53 Å². The summed E-state index contributed by atoms with van der Waals surface area (Å²) in [5.74, 6) is 0.0279. The van der Waals surface area contributed by atoms with Crippen LogP contribution in [0.1, 0.15) is 36.0 Å². The topological polar surface area (TPSA) is 68.5 Å². The van der Waals surface area contributed by atoms with Gasteiger partial charge in [-0.3, -0.25) is 4.79 Å². The number of nitrogens with zero attached hydrogens (tertiary/aromatic N) is 3. The summed E-state index contributed by atoms with van der Waals surface area (Å²) in [7, 11) is 1.63. The molecule has 0 aliphatic carbocycles. The molecule has 1 N–H and O–H groups in total. The summed E-state index contributed by atoms with van der Waals surface area (Å²) >= 11 is 0. The first-order valence-corrected chi connectivity index (χ1v) is 7.53. The summed E-state index contributed by atoms with van der Waals surface area (Å²) in [4.78, 5) is 16.6. The predicted octanol–water partition coefficient (Wildman–Crippen LogP) is 1.74. The molecule has 0 fully saturated rings. The van der Waals surface area contributed by atoms with Gasteiger partial charge in [0.15, 0.2) is 5.65 Å². The highest BCUT2D eigenvalue weighted by Crippen LogP contribution is 2.16. The average Bonchev–Trinajstić information content (AvgIpc) is 2.79. The van der Waals surface area contributed by atoms with Crippen molar-refractivity contribution in [2.45, 2.75) is 46.6 Å². The first kappa shape index (κ1) is 16.4. The highest BCUT2D eigenvalue weighted by Gasteiger charge is 2.13. The lowest BCUT2D eigenvalue weighted by molar-refractivity contribution is -0.122. The van der Waals surface area contributed by atoms with Gasteiger partial charge >= 0.3 is 0 Å². The first-order chi connectivity index (χ1) is 10.4. The van der Waals surface area contributed by atoms with Gasteiger partial charge in [0, 0.05) is 37.0 Å². The van der Waals surface area contributed by atoms with Crippen molar-refractivity contribution in [2.75, 3.05) is 13.7 Å². The van der Waals surface area contributed by atoms with Crippen molar-refractivity contribution in [3.8, 4) is 0 Å². The Balaban J connectivity index is 2.09. The van der Waals surface area contributed by atoms with Gasteiger partial charge in [-0.25, -0.2) is 9.50 Å². The summed E-state index contributed by atoms with van der Waals surface area (Å²) in [5, 5.41) is 7.38. The van der Waals surface area contributed by atoms with E-state index >= 15 is 0 Å². The van der Waals surface area contributed by atoms with Crippen LogP contribution in [0.2, 0.25) is 0 Å². The number of carbonyl (C=O) groups is 1. The minimum absolute atomic E-state index is 0.0223. The molecule has 22 heavy (non-hydrogen) atoms. The molecule has 0 radical (unpaired) electrons. The quantitative estimate of drug-likeness (QED) is 0.882. The summed E-state index contributed by atoms with van der Waals surface area (Å²) < 4.78 is 6.87. The summed E-state index contributed by atoms with van der Waals surface area (Å²) in [6.07, 6.45) is 1.09. The molecule has 1 atom stereocenters. The monoisotopic (exact) mass is 304 g/mol. The van der Waals surface area contributed by atoms with Gasteiger partial charge in [0.25, 0.3) is 0 Å². The normalized spacial score (nSPS) is 12.6. The van der Waals surface area contributed by atoms with Crippen molar-refractivity contribution in [3.05, 3.63) is 28.7 Å². The minimum atomic E-state index is 0.0223. The van der Waals surface area contributed by atoms with Crippen LogP contribution in [0.25, 0.3) is 5.65 Å². The van der Waals surface area contributed by atoms with Gasteiger partial charge < -0.3 is 10.1 Å². The molecule has 2 aromatic rings. The Bertz CT molecular complexity index is 678. The maximum absolute atomic E-state index is 12.0. The second-order valence-electron chi connectivity index (χ2n) is 5.74. The van der Waals surface area contributed by atoms with Crippen molar-refractivity contribution in [2.24, 2.45) is 0 Å². The highest BCUT2D eigenvalue weighted by molar-refractivity contribution is 5.76. The van der Waals surface area contributed by atoms with E-state index in [4.69, 9.17) is 4.74 Å². The molecule has 6 nitrogen and oxygen atoms in total. The zero-order valence-corrected chi connectivity index (χ0v) is 13.9. The van der Waals surface area contributed by atoms with E-state index in [0.717, 1.165) is 28.3 Å². The van der Waals surface area contributed by atoms with E-state index in [0.29, 0.717) is 19.4 Å². The van der Waals surface area contributed by atoms with E-state index in [2.05, 4.69) is 15.4 Å². The highest BCUT2D eigenvalue weighted by atomic mass is 16.5. The van der Waals surface area contributed by atoms with Crippen molar-refractivity contribution in [1.82, 2.24) is 19.9 Å². The van der Waals surface area contributed by atoms with Crippen LogP contribution in [-0.2, 0) is 16.0 Å². The lowest BCUT2D eigenvalue weighted by Gasteiger charge is -2.14. The predicted molar refractivity (Wildman–Crippen MR) is 85.0 cm³/mol. The molecule has 2 rings (SSSR count). The van der Waals surface area contributed by atoms with Crippen LogP contribution in [0.15, 0.2) is 6.07 Å². The zero-order chi connectivity index (χ0) is 16.3. The molecule has 0 bridgehead atoms. The Kier molecular flexibility index (Phi) is 5.13. The SMILES string of the molecule is COC[C@@H](C)NC(=O)CCc1c(C)nc2cc(C)nn2c1C. The lowest BCUT2D eigenvalue weighted by atomic mass is 10.1. The Morgan fingerprint density at radius 3 is 2.82 bits per heavy atom. The fourth-order valence-electron chi connectivity index (χ4n) is 2.68. The van der Waals surface area contributed by atoms with Crippen LogP contribution in [0.4, 0.5) is 0 Å². The minimum Gasteiger partial charge on any atom is -0.383 e. The summed E-state index contributed by atoms with van der Waals surface area (Å²) in [6, 6.07) is 1.98. The Morgan fingerprint density at radius 1 is 1.41 bits per heavy atom. The first-order valence-electron chi connectivity index (χ1n) is 7.53. The van der Waals surface area contributed by atoms with E-state index in [1.807, 2.05) is 38.3 Å². The fraction of sp³-hybridized carbons (Fsp3) is 0.562. The zero-order valence-electron chi connectivity index (χ0n) is 13.9. The molecule has 0 saturated carbocycles. The third-order valence-corrected chi connectivity index (χ3v) is 3.71. The number of nitrogens with one attached hydrogen (secondary N) is 1. The molecule has 2 heterocycles. The van der Waals surface area contributed by atoms with E-state index in [9.17, 15) is 4.79 Å². The summed E-state index contributed by atoms with van der Waals surface area (Å²) in [5.41, 5.74) is 4.90. The molecule has 0 aliphatic heterocycles. The smallest absolute Gasteiger partial charge is 0.220 e. The van der Waals surface area contributed by atoms with E-state index in [1.165, 1.54) is 0 Å². The molecule has 0 unspecified atom stereocenters. The molecule has 6 heteroatoms. The van der Waals surface area contributed by atoms with Crippen LogP contribution in [0.5, 0.6) is 0 Å². The Hall–Kier alpha value is -1.95. The molecular weight excluding hydrogens is 280 g/mol. The molecular formula is C16H24N4O2. The standard InChI is InChI=1S/C16H24N4O2/c1-10-8-15-18-12(3)14(13(4)20(15)19-10)6-7-16(21)17-11(2)9-22-5/h8,11H,6-7,9H2,1-5H3,(H,17,21)/t11-/m1/s1. The van der Waals surface area contributed by atoms with Crippen molar-refractivity contribution in [1.29, 1.82) is 0 Å². The number of carbonyl (C=O) groups excluding carboxylic acids is 1. The molecule has 2 aromatic heterocycles. The second kappa shape index (κ2) is 6.87. The van der Waals surface area contributed by atoms with E-state index < -0.39 is 0 Å². The molecule has 0 aromatic carbocycles. The van der Waals surface area contributed by atoms with Gasteiger partial charge in [0.1, 0.15) is 0 Å². The van der Waals surface area contributed by atoms with Crippen LogP contribution < -0.4 is 5.32 Å². The van der Waals surface area contributed by atoms with Crippen LogP contribution >= 0.6 is 0 Å². The van der Waals surface area contributed by atoms with Crippen molar-refractivity contribution >= 4 is 11.6 Å². The Labute approximate surface area is 130 Å². The van der Waals surface area contributed by atoms with Crippen molar-refractivity contribution in [3.63, 3.8) is 0 Å². The van der Waals surface area contributed by atoms with Crippen LogP contribution in [-0.4, -0.2) is 40.3 Å². The molecule has 0 saturated heterocycles. The van der Waals surface area contributed by atoms with E-state index in [-0.39, 0.29) is 11.9 Å². The van der Waals surface area contributed by atoms with Gasteiger partial charge in [-0.1, -0.05) is 0 Å². The summed E-state index contributed by atoms with van der Waals surface area (Å²) in [6.45, 7) is 8.40. The number of fused-ring (bicyclic) bond motifs is 1. The number of hydrogen-bond donors (Lipinski definition) is 1. The van der Waals surface area contributed by atoms with Crippen LogP contribution in [0.3, 0.4) is 0 Å². The Morgan fingerprint density at radius 2 is 2.14 bits per heavy atom. The average molecular weight is 304 g/mol. The molecule has 1 amide bonds. The van der Waals surface area contributed by atoms with Gasteiger partial charge in [0.05, 0.1) is 12.3 Å². The number of hydrogen-bond acceptors (Lipinski definition) is 4. The van der Waals surface area contributed by atoms with Gasteiger partial charge in [0.2, 0.25) is 5.91 Å². The van der Waals surface area contributed by atoms with Gasteiger partial charge in [-0.05, 0) is 39.7 Å². The molecule has 0 aliphatic rings. The number of methoxy groups -OCH3 is 1. The fourth-order valence-corrected chi connectivity index (χ4v) is 2.68. The third-order valence-electron chi connectivity index (χ3n) is 3.71. The third kappa shape index (κ3) is 3.62. The number of aromatic nitrogens is 3. The number of amides is 1. The lowest BCUT2D eigenvalue weighted by Crippen LogP contribution is -2.35. The number of aryl methyl sites for hydroxylation is 3. The molecule has 0 spiro atoms. The number of ether oxygens (including phenoxy) is 1. The van der Waals surface area contributed by atoms with E-state index in [1.54, 1.807) is 7.11 Å². The molecule has 120 valence electrons. The van der Waals surface area contributed by atoms with Crippen LogP contribution in [0, 0.1) is 20.8 Å². The number of rotatable bonds is 6. The largest absolute Gasteiger partial charge is 0.383 e. The maximum atomic E-state index is 12.0. The maximum Gasteiger partial charge on any atom is 0.220 e.